The summed E-state index contributed by atoms with van der Waals surface area (Å²) >= 11 is 0. The third-order valence-corrected chi connectivity index (χ3v) is 7.51. The van der Waals surface area contributed by atoms with Crippen molar-refractivity contribution in [1.82, 2.24) is 10.2 Å². The molecule has 2 N–H and O–H groups in total. The number of imide groups is 1. The van der Waals surface area contributed by atoms with Gasteiger partial charge in [-0.3, -0.25) is 29.3 Å². The third-order valence-electron chi connectivity index (χ3n) is 7.51. The second-order valence-electron chi connectivity index (χ2n) is 9.79. The summed E-state index contributed by atoms with van der Waals surface area (Å²) in [6.45, 7) is 1.13. The molecule has 2 fully saturated rings. The summed E-state index contributed by atoms with van der Waals surface area (Å²) in [7, 11) is 4.94. The number of carbonyl (C=O) groups excluding carboxylic acids is 5. The minimum atomic E-state index is -0.511. The highest BCUT2D eigenvalue weighted by Crippen LogP contribution is 2.37. The number of hydrogen-bond acceptors (Lipinski definition) is 7. The Morgan fingerprint density at radius 1 is 1.05 bits per heavy atom. The Labute approximate surface area is 227 Å². The van der Waals surface area contributed by atoms with Crippen molar-refractivity contribution in [3.05, 3.63) is 47.5 Å². The van der Waals surface area contributed by atoms with E-state index >= 15 is 0 Å². The maximum atomic E-state index is 13.2. The average molecular weight is 536 g/mol. The van der Waals surface area contributed by atoms with Gasteiger partial charge in [0.15, 0.2) is 0 Å². The number of nitrogens with zero attached hydrogens (tertiary/aromatic N) is 3. The van der Waals surface area contributed by atoms with E-state index in [0.29, 0.717) is 48.6 Å². The fraction of sp³-hybridized carbons (Fsp3) is 0.393. The van der Waals surface area contributed by atoms with Crippen LogP contribution in [0, 0.1) is 0 Å². The molecule has 39 heavy (non-hydrogen) atoms. The molecule has 0 aliphatic carbocycles. The molecule has 0 aromatic heterocycles. The third kappa shape index (κ3) is 5.87. The first-order chi connectivity index (χ1) is 18.8. The number of methoxy groups -OCH3 is 1. The van der Waals surface area contributed by atoms with Crippen molar-refractivity contribution in [3.63, 3.8) is 0 Å². The number of likely N-dealkylation sites (tertiary alicyclic amines) is 1. The normalized spacial score (nSPS) is 17.7. The molecule has 2 heterocycles. The second kappa shape index (κ2) is 12.0. The van der Waals surface area contributed by atoms with Gasteiger partial charge in [0.1, 0.15) is 11.8 Å². The van der Waals surface area contributed by atoms with Crippen LogP contribution >= 0.6 is 0 Å². The zero-order valence-corrected chi connectivity index (χ0v) is 22.3. The maximum Gasteiger partial charge on any atom is 0.253 e. The molecule has 2 aliphatic heterocycles. The van der Waals surface area contributed by atoms with Crippen molar-refractivity contribution in [1.29, 1.82) is 0 Å². The summed E-state index contributed by atoms with van der Waals surface area (Å²) in [6.07, 6.45) is 3.46. The quantitative estimate of drug-likeness (QED) is 0.372. The van der Waals surface area contributed by atoms with Crippen molar-refractivity contribution < 1.29 is 28.7 Å². The number of ether oxygens (including phenoxy) is 1. The molecule has 0 spiro atoms. The lowest BCUT2D eigenvalue weighted by molar-refractivity contribution is -0.134. The number of likely N-dealkylation sites (N-methyl/N-ethyl adjacent to an activating group) is 1. The van der Waals surface area contributed by atoms with Gasteiger partial charge in [-0.1, -0.05) is 6.07 Å². The first-order valence-corrected chi connectivity index (χ1v) is 12.8. The molecule has 1 unspecified atom stereocenters. The van der Waals surface area contributed by atoms with Gasteiger partial charge in [-0.2, -0.15) is 0 Å². The van der Waals surface area contributed by atoms with Gasteiger partial charge in [0.25, 0.3) is 5.91 Å². The largest absolute Gasteiger partial charge is 0.495 e. The van der Waals surface area contributed by atoms with Gasteiger partial charge in [-0.25, -0.2) is 0 Å². The highest BCUT2D eigenvalue weighted by molar-refractivity contribution is 6.02. The lowest BCUT2D eigenvalue weighted by Crippen LogP contribution is -2.51. The topological polar surface area (TPSA) is 128 Å². The summed E-state index contributed by atoms with van der Waals surface area (Å²) < 4.78 is 5.30. The number of rotatable bonds is 9. The van der Waals surface area contributed by atoms with Gasteiger partial charge in [0, 0.05) is 39.2 Å². The molecule has 1 atom stereocenters. The fourth-order valence-corrected chi connectivity index (χ4v) is 5.26. The van der Waals surface area contributed by atoms with Crippen LogP contribution in [0.15, 0.2) is 36.4 Å². The van der Waals surface area contributed by atoms with Crippen LogP contribution in [0.4, 0.5) is 17.1 Å². The van der Waals surface area contributed by atoms with Crippen molar-refractivity contribution >= 4 is 47.6 Å². The van der Waals surface area contributed by atoms with Crippen molar-refractivity contribution in [2.75, 3.05) is 49.4 Å². The van der Waals surface area contributed by atoms with Crippen molar-refractivity contribution in [2.24, 2.45) is 0 Å². The molecule has 11 heteroatoms. The average Bonchev–Trinajstić information content (AvgIpc) is 2.96. The van der Waals surface area contributed by atoms with Gasteiger partial charge in [0.05, 0.1) is 24.2 Å². The van der Waals surface area contributed by atoms with E-state index in [1.807, 2.05) is 28.0 Å². The Bertz CT molecular complexity index is 1270. The van der Waals surface area contributed by atoms with Crippen molar-refractivity contribution in [2.45, 2.75) is 37.6 Å². The Hall–Kier alpha value is -4.41. The molecule has 2 saturated heterocycles. The number of amides is 5. The Morgan fingerprint density at radius 2 is 1.79 bits per heavy atom. The molecule has 0 saturated carbocycles. The standard InChI is InChI=1S/C28H33N5O6/c1-31(17-35)24-14-19(5-7-22(24)32(2)23-8-9-26(36)30-27(23)37)18-10-12-33(13-11-18)28(38)20-4-6-21(29-16-34)25(15-20)39-3/h4-7,14-18,23H,8-13H2,1-3H3,(H,29,34)(H,30,36,37). The molecule has 4 rings (SSSR count). The second-order valence-corrected chi connectivity index (χ2v) is 9.79. The van der Waals surface area contributed by atoms with Gasteiger partial charge in [-0.15, -0.1) is 0 Å². The molecule has 0 bridgehead atoms. The van der Waals surface area contributed by atoms with E-state index in [-0.39, 0.29) is 30.1 Å². The van der Waals surface area contributed by atoms with E-state index in [2.05, 4.69) is 10.6 Å². The smallest absolute Gasteiger partial charge is 0.253 e. The van der Waals surface area contributed by atoms with E-state index < -0.39 is 6.04 Å². The van der Waals surface area contributed by atoms with E-state index in [1.165, 1.54) is 12.0 Å². The van der Waals surface area contributed by atoms with Gasteiger partial charge >= 0.3 is 0 Å². The van der Waals surface area contributed by atoms with Gasteiger partial charge in [0.2, 0.25) is 24.6 Å². The summed E-state index contributed by atoms with van der Waals surface area (Å²) in [5.74, 6) is -0.122. The van der Waals surface area contributed by atoms with Gasteiger partial charge < -0.3 is 24.8 Å². The Morgan fingerprint density at radius 3 is 2.44 bits per heavy atom. The van der Waals surface area contributed by atoms with Crippen LogP contribution in [0.25, 0.3) is 0 Å². The first kappa shape index (κ1) is 27.6. The van der Waals surface area contributed by atoms with Crippen LogP contribution in [0.3, 0.4) is 0 Å². The van der Waals surface area contributed by atoms with E-state index in [9.17, 15) is 24.0 Å². The highest BCUT2D eigenvalue weighted by atomic mass is 16.5. The summed E-state index contributed by atoms with van der Waals surface area (Å²) in [5, 5.41) is 4.94. The number of carbonyl (C=O) groups is 5. The minimum absolute atomic E-state index is 0.105. The van der Waals surface area contributed by atoms with Crippen LogP contribution in [-0.2, 0) is 19.2 Å². The minimum Gasteiger partial charge on any atom is -0.495 e. The van der Waals surface area contributed by atoms with Crippen LogP contribution in [0.1, 0.15) is 47.5 Å². The van der Waals surface area contributed by atoms with Crippen LogP contribution in [0.2, 0.25) is 0 Å². The van der Waals surface area contributed by atoms with E-state index in [0.717, 1.165) is 30.5 Å². The first-order valence-electron chi connectivity index (χ1n) is 12.8. The van der Waals surface area contributed by atoms with Crippen LogP contribution in [0.5, 0.6) is 5.75 Å². The molecule has 5 amide bonds. The monoisotopic (exact) mass is 535 g/mol. The van der Waals surface area contributed by atoms with Crippen LogP contribution in [-0.4, -0.2) is 75.8 Å². The van der Waals surface area contributed by atoms with Crippen molar-refractivity contribution in [3.8, 4) is 5.75 Å². The molecular formula is C28H33N5O6. The summed E-state index contributed by atoms with van der Waals surface area (Å²) in [4.78, 5) is 64.8. The van der Waals surface area contributed by atoms with E-state index in [4.69, 9.17) is 4.74 Å². The van der Waals surface area contributed by atoms with Crippen LogP contribution < -0.4 is 25.2 Å². The fourth-order valence-electron chi connectivity index (χ4n) is 5.26. The number of benzene rings is 2. The molecule has 0 radical (unpaired) electrons. The van der Waals surface area contributed by atoms with E-state index in [1.54, 1.807) is 32.3 Å². The number of hydrogen-bond donors (Lipinski definition) is 2. The SMILES string of the molecule is COc1cc(C(=O)N2CCC(c3ccc(N(C)C4CCC(=O)NC4=O)c(N(C)C=O)c3)CC2)ccc1NC=O. The molecule has 2 aromatic rings. The lowest BCUT2D eigenvalue weighted by atomic mass is 9.88. The summed E-state index contributed by atoms with van der Waals surface area (Å²) in [6, 6.07) is 10.3. The zero-order valence-electron chi connectivity index (χ0n) is 22.3. The predicted molar refractivity (Wildman–Crippen MR) is 146 cm³/mol. The Balaban J connectivity index is 1.48. The summed E-state index contributed by atoms with van der Waals surface area (Å²) in [5.41, 5.74) is 3.42. The lowest BCUT2D eigenvalue weighted by Gasteiger charge is -2.35. The Kier molecular flexibility index (Phi) is 8.48. The molecule has 2 aliphatic rings. The number of nitrogens with one attached hydrogen (secondary N) is 2. The maximum absolute atomic E-state index is 13.2. The highest BCUT2D eigenvalue weighted by Gasteiger charge is 2.32. The number of piperidine rings is 2. The zero-order chi connectivity index (χ0) is 28.1. The van der Waals surface area contributed by atoms with Gasteiger partial charge in [-0.05, 0) is 61.1 Å². The molecular weight excluding hydrogens is 502 g/mol. The molecule has 2 aromatic carbocycles. The predicted octanol–water partition coefficient (Wildman–Crippen LogP) is 2.12. The molecule has 11 nitrogen and oxygen atoms in total. The number of anilines is 3. The molecule has 206 valence electrons.